The van der Waals surface area contributed by atoms with Crippen molar-refractivity contribution in [3.63, 3.8) is 0 Å². The molecular formula is C17H27NO2. The lowest BCUT2D eigenvalue weighted by Crippen LogP contribution is -2.25. The number of nitrogens with two attached hydrogens (primary N) is 1. The van der Waals surface area contributed by atoms with Gasteiger partial charge in [0.15, 0.2) is 11.5 Å². The molecular weight excluding hydrogens is 250 g/mol. The molecule has 1 aromatic carbocycles. The lowest BCUT2D eigenvalue weighted by Gasteiger charge is -2.29. The van der Waals surface area contributed by atoms with Crippen molar-refractivity contribution in [3.05, 3.63) is 23.8 Å². The second-order valence-corrected chi connectivity index (χ2v) is 6.14. The number of methoxy groups -OCH3 is 1. The Morgan fingerprint density at radius 1 is 1.35 bits per heavy atom. The molecule has 112 valence electrons. The zero-order chi connectivity index (χ0) is 14.5. The zero-order valence-electron chi connectivity index (χ0n) is 12.9. The normalized spacial score (nSPS) is 24.2. The van der Waals surface area contributed by atoms with Crippen molar-refractivity contribution in [1.82, 2.24) is 0 Å². The first-order valence-electron chi connectivity index (χ1n) is 7.68. The fourth-order valence-corrected chi connectivity index (χ4v) is 3.02. The summed E-state index contributed by atoms with van der Waals surface area (Å²) in [5.74, 6) is 2.47. The van der Waals surface area contributed by atoms with Crippen LogP contribution in [0, 0.1) is 5.92 Å². The molecule has 0 heterocycles. The summed E-state index contributed by atoms with van der Waals surface area (Å²) in [6.07, 6.45) is 5.97. The van der Waals surface area contributed by atoms with Crippen molar-refractivity contribution in [2.45, 2.75) is 58.1 Å². The van der Waals surface area contributed by atoms with Crippen molar-refractivity contribution in [2.75, 3.05) is 7.11 Å². The maximum Gasteiger partial charge on any atom is 0.164 e. The van der Waals surface area contributed by atoms with Crippen LogP contribution in [-0.4, -0.2) is 19.3 Å². The summed E-state index contributed by atoms with van der Waals surface area (Å²) >= 11 is 0. The van der Waals surface area contributed by atoms with Crippen LogP contribution in [0.3, 0.4) is 0 Å². The van der Waals surface area contributed by atoms with E-state index in [1.165, 1.54) is 12.8 Å². The topological polar surface area (TPSA) is 44.5 Å². The molecule has 1 aromatic rings. The third-order valence-electron chi connectivity index (χ3n) is 4.00. The SMILES string of the molecule is COc1cccc(CC(C)N)c1OC1CCCC(C)C1. The number of hydrogen-bond donors (Lipinski definition) is 1. The van der Waals surface area contributed by atoms with Gasteiger partial charge in [0.1, 0.15) is 0 Å². The molecule has 1 aliphatic rings. The largest absolute Gasteiger partial charge is 0.493 e. The highest BCUT2D eigenvalue weighted by Crippen LogP contribution is 2.35. The van der Waals surface area contributed by atoms with Gasteiger partial charge in [0.2, 0.25) is 0 Å². The van der Waals surface area contributed by atoms with E-state index >= 15 is 0 Å². The van der Waals surface area contributed by atoms with Crippen LogP contribution in [0.2, 0.25) is 0 Å². The summed E-state index contributed by atoms with van der Waals surface area (Å²) in [6, 6.07) is 6.18. The monoisotopic (exact) mass is 277 g/mol. The molecule has 1 fully saturated rings. The molecule has 0 bridgehead atoms. The average Bonchev–Trinajstić information content (AvgIpc) is 2.40. The predicted molar refractivity (Wildman–Crippen MR) is 82.4 cm³/mol. The number of rotatable bonds is 5. The number of hydrogen-bond acceptors (Lipinski definition) is 3. The highest BCUT2D eigenvalue weighted by molar-refractivity contribution is 5.47. The van der Waals surface area contributed by atoms with Crippen LogP contribution in [0.15, 0.2) is 18.2 Å². The van der Waals surface area contributed by atoms with Gasteiger partial charge in [-0.05, 0) is 50.2 Å². The van der Waals surface area contributed by atoms with E-state index in [1.807, 2.05) is 19.1 Å². The maximum absolute atomic E-state index is 6.30. The minimum absolute atomic E-state index is 0.120. The number of benzene rings is 1. The Morgan fingerprint density at radius 3 is 2.80 bits per heavy atom. The quantitative estimate of drug-likeness (QED) is 0.895. The van der Waals surface area contributed by atoms with E-state index in [4.69, 9.17) is 15.2 Å². The Morgan fingerprint density at radius 2 is 2.15 bits per heavy atom. The van der Waals surface area contributed by atoms with Gasteiger partial charge in [-0.15, -0.1) is 0 Å². The predicted octanol–water partition coefficient (Wildman–Crippen LogP) is 3.54. The molecule has 3 unspecified atom stereocenters. The van der Waals surface area contributed by atoms with Gasteiger partial charge < -0.3 is 15.2 Å². The fraction of sp³-hybridized carbons (Fsp3) is 0.647. The summed E-state index contributed by atoms with van der Waals surface area (Å²) in [5.41, 5.74) is 7.09. The number of para-hydroxylation sites is 1. The minimum Gasteiger partial charge on any atom is -0.493 e. The van der Waals surface area contributed by atoms with Crippen LogP contribution in [0.5, 0.6) is 11.5 Å². The van der Waals surface area contributed by atoms with Crippen LogP contribution in [0.25, 0.3) is 0 Å². The molecule has 1 aliphatic carbocycles. The number of ether oxygens (including phenoxy) is 2. The molecule has 0 aromatic heterocycles. The molecule has 0 radical (unpaired) electrons. The summed E-state index contributed by atoms with van der Waals surface area (Å²) < 4.78 is 11.8. The summed E-state index contributed by atoms with van der Waals surface area (Å²) in [5, 5.41) is 0. The molecule has 1 saturated carbocycles. The van der Waals surface area contributed by atoms with Crippen LogP contribution in [-0.2, 0) is 6.42 Å². The fourth-order valence-electron chi connectivity index (χ4n) is 3.02. The van der Waals surface area contributed by atoms with E-state index in [0.717, 1.165) is 42.2 Å². The summed E-state index contributed by atoms with van der Waals surface area (Å²) in [7, 11) is 1.70. The van der Waals surface area contributed by atoms with Gasteiger partial charge in [0.25, 0.3) is 0 Å². The van der Waals surface area contributed by atoms with Gasteiger partial charge in [-0.1, -0.05) is 25.5 Å². The molecule has 2 N–H and O–H groups in total. The molecule has 20 heavy (non-hydrogen) atoms. The molecule has 0 amide bonds. The van der Waals surface area contributed by atoms with Gasteiger partial charge in [0, 0.05) is 6.04 Å². The first kappa shape index (κ1) is 15.2. The Hall–Kier alpha value is -1.22. The Balaban J connectivity index is 2.18. The molecule has 3 heteroatoms. The molecule has 3 nitrogen and oxygen atoms in total. The van der Waals surface area contributed by atoms with Crippen LogP contribution >= 0.6 is 0 Å². The molecule has 2 rings (SSSR count). The maximum atomic E-state index is 6.30. The zero-order valence-corrected chi connectivity index (χ0v) is 12.9. The third kappa shape index (κ3) is 3.89. The van der Waals surface area contributed by atoms with Gasteiger partial charge in [-0.3, -0.25) is 0 Å². The first-order chi connectivity index (χ1) is 9.60. The van der Waals surface area contributed by atoms with E-state index in [-0.39, 0.29) is 6.04 Å². The second kappa shape index (κ2) is 6.98. The summed E-state index contributed by atoms with van der Waals surface area (Å²) in [4.78, 5) is 0. The Bertz CT molecular complexity index is 431. The lowest BCUT2D eigenvalue weighted by molar-refractivity contribution is 0.124. The van der Waals surface area contributed by atoms with Crippen molar-refractivity contribution in [1.29, 1.82) is 0 Å². The van der Waals surface area contributed by atoms with Crippen molar-refractivity contribution in [3.8, 4) is 11.5 Å². The van der Waals surface area contributed by atoms with E-state index in [1.54, 1.807) is 7.11 Å². The average molecular weight is 277 g/mol. The van der Waals surface area contributed by atoms with E-state index in [9.17, 15) is 0 Å². The first-order valence-corrected chi connectivity index (χ1v) is 7.68. The smallest absolute Gasteiger partial charge is 0.164 e. The van der Waals surface area contributed by atoms with Gasteiger partial charge in [-0.2, -0.15) is 0 Å². The minimum atomic E-state index is 0.120. The van der Waals surface area contributed by atoms with Crippen LogP contribution in [0.1, 0.15) is 45.1 Å². The lowest BCUT2D eigenvalue weighted by atomic mass is 9.88. The Kier molecular flexibility index (Phi) is 5.30. The summed E-state index contributed by atoms with van der Waals surface area (Å²) in [6.45, 7) is 4.33. The highest BCUT2D eigenvalue weighted by atomic mass is 16.5. The highest BCUT2D eigenvalue weighted by Gasteiger charge is 2.23. The van der Waals surface area contributed by atoms with Gasteiger partial charge in [-0.25, -0.2) is 0 Å². The van der Waals surface area contributed by atoms with Gasteiger partial charge >= 0.3 is 0 Å². The Labute approximate surface area is 122 Å². The molecule has 3 atom stereocenters. The van der Waals surface area contributed by atoms with Crippen LogP contribution in [0.4, 0.5) is 0 Å². The van der Waals surface area contributed by atoms with Crippen LogP contribution < -0.4 is 15.2 Å². The molecule has 0 spiro atoms. The van der Waals surface area contributed by atoms with Gasteiger partial charge in [0.05, 0.1) is 13.2 Å². The van der Waals surface area contributed by atoms with Crippen molar-refractivity contribution < 1.29 is 9.47 Å². The third-order valence-corrected chi connectivity index (χ3v) is 4.00. The van der Waals surface area contributed by atoms with E-state index in [0.29, 0.717) is 6.10 Å². The standard InChI is InChI=1S/C17H27NO2/c1-12-6-4-8-15(10-12)20-17-14(11-13(2)18)7-5-9-16(17)19-3/h5,7,9,12-13,15H,4,6,8,10-11,18H2,1-3H3. The van der Waals surface area contributed by atoms with Crippen molar-refractivity contribution in [2.24, 2.45) is 11.7 Å². The van der Waals surface area contributed by atoms with E-state index < -0.39 is 0 Å². The second-order valence-electron chi connectivity index (χ2n) is 6.14. The molecule has 0 aliphatic heterocycles. The van der Waals surface area contributed by atoms with Crippen molar-refractivity contribution >= 4 is 0 Å². The van der Waals surface area contributed by atoms with E-state index in [2.05, 4.69) is 13.0 Å². The molecule has 0 saturated heterocycles.